The molecule has 8 heteroatoms. The maximum atomic E-state index is 13.3. The van der Waals surface area contributed by atoms with Gasteiger partial charge in [0.25, 0.3) is 5.91 Å². The summed E-state index contributed by atoms with van der Waals surface area (Å²) in [5.41, 5.74) is 3.86. The average Bonchev–Trinajstić information content (AvgIpc) is 2.89. The van der Waals surface area contributed by atoms with Gasteiger partial charge in [-0.05, 0) is 31.2 Å². The highest BCUT2D eigenvalue weighted by Crippen LogP contribution is 2.38. The Kier molecular flexibility index (Phi) is 8.69. The Hall–Kier alpha value is -4.04. The highest BCUT2D eigenvalue weighted by Gasteiger charge is 2.24. The number of ether oxygens (including phenoxy) is 4. The Labute approximate surface area is 205 Å². The van der Waals surface area contributed by atoms with Gasteiger partial charge in [-0.15, -0.1) is 0 Å². The first kappa shape index (κ1) is 25.6. The Morgan fingerprint density at radius 1 is 0.886 bits per heavy atom. The molecule has 3 N–H and O–H groups in total. The van der Waals surface area contributed by atoms with Crippen LogP contribution in [0.15, 0.2) is 60.7 Å². The number of hydrogen-bond acceptors (Lipinski definition) is 6. The number of benzene rings is 3. The Balaban J connectivity index is 2.01. The normalized spacial score (nSPS) is 11.3. The van der Waals surface area contributed by atoms with E-state index in [1.165, 1.54) is 28.4 Å². The minimum Gasteiger partial charge on any atom is -0.493 e. The predicted octanol–water partition coefficient (Wildman–Crippen LogP) is 3.10. The molecule has 0 saturated carbocycles. The largest absolute Gasteiger partial charge is 0.493 e. The molecule has 1 atom stereocenters. The van der Waals surface area contributed by atoms with Gasteiger partial charge in [-0.25, -0.2) is 4.79 Å². The third-order valence-corrected chi connectivity index (χ3v) is 5.62. The Morgan fingerprint density at radius 2 is 1.54 bits per heavy atom. The molecule has 0 aromatic heterocycles. The standard InChI is InChI=1S/C27H30N2O6/c1-17-11-12-21(29-27(31)19-14-22(32-2)26(35-5)23(15-19)33-3)20(13-17)25(28-16-24(30)34-4)18-9-7-6-8-10-18/h6-15,25,28H,16H2,1-5H3,(H,29,31)/p+1. The first-order chi connectivity index (χ1) is 16.9. The fourth-order valence-corrected chi connectivity index (χ4v) is 3.86. The molecule has 184 valence electrons. The highest BCUT2D eigenvalue weighted by molar-refractivity contribution is 6.05. The van der Waals surface area contributed by atoms with Crippen molar-refractivity contribution in [2.45, 2.75) is 13.0 Å². The molecule has 0 radical (unpaired) electrons. The van der Waals surface area contributed by atoms with Crippen molar-refractivity contribution < 1.29 is 33.9 Å². The van der Waals surface area contributed by atoms with E-state index in [2.05, 4.69) is 5.32 Å². The summed E-state index contributed by atoms with van der Waals surface area (Å²) in [5.74, 6) is 0.504. The van der Waals surface area contributed by atoms with Gasteiger partial charge in [-0.3, -0.25) is 4.79 Å². The minimum atomic E-state index is -0.339. The smallest absolute Gasteiger partial charge is 0.361 e. The summed E-state index contributed by atoms with van der Waals surface area (Å²) in [7, 11) is 5.87. The number of amides is 1. The molecular formula is C27H31N2O6+. The molecule has 0 bridgehead atoms. The maximum Gasteiger partial charge on any atom is 0.361 e. The second-order valence-electron chi connectivity index (χ2n) is 7.86. The van der Waals surface area contributed by atoms with Gasteiger partial charge >= 0.3 is 5.97 Å². The van der Waals surface area contributed by atoms with Gasteiger partial charge in [0.15, 0.2) is 18.0 Å². The van der Waals surface area contributed by atoms with Gasteiger partial charge in [-0.2, -0.15) is 0 Å². The number of nitrogens with one attached hydrogen (secondary N) is 1. The van der Waals surface area contributed by atoms with Crippen molar-refractivity contribution in [2.75, 3.05) is 40.3 Å². The lowest BCUT2D eigenvalue weighted by atomic mass is 9.95. The molecule has 8 nitrogen and oxygen atoms in total. The first-order valence-electron chi connectivity index (χ1n) is 11.1. The quantitative estimate of drug-likeness (QED) is 0.434. The molecule has 0 fully saturated rings. The van der Waals surface area contributed by atoms with Crippen molar-refractivity contribution >= 4 is 17.6 Å². The number of carbonyl (C=O) groups is 2. The zero-order valence-electron chi connectivity index (χ0n) is 20.6. The van der Waals surface area contributed by atoms with E-state index in [0.717, 1.165) is 16.7 Å². The lowest BCUT2D eigenvalue weighted by molar-refractivity contribution is -0.677. The van der Waals surface area contributed by atoms with Crippen LogP contribution in [-0.4, -0.2) is 46.9 Å². The van der Waals surface area contributed by atoms with Crippen LogP contribution in [0, 0.1) is 6.92 Å². The summed E-state index contributed by atoms with van der Waals surface area (Å²) in [4.78, 5) is 25.2. The van der Waals surface area contributed by atoms with E-state index < -0.39 is 0 Å². The van der Waals surface area contributed by atoms with E-state index >= 15 is 0 Å². The lowest BCUT2D eigenvalue weighted by Gasteiger charge is -2.21. The van der Waals surface area contributed by atoms with Crippen molar-refractivity contribution in [3.8, 4) is 17.2 Å². The molecule has 0 spiro atoms. The fraction of sp³-hybridized carbons (Fsp3) is 0.259. The molecule has 3 rings (SSSR count). The molecule has 1 amide bonds. The number of methoxy groups -OCH3 is 4. The summed E-state index contributed by atoms with van der Waals surface area (Å²) in [6, 6.07) is 18.6. The van der Waals surface area contributed by atoms with Crippen molar-refractivity contribution in [1.82, 2.24) is 0 Å². The highest BCUT2D eigenvalue weighted by atomic mass is 16.5. The topological polar surface area (TPSA) is 99.7 Å². The maximum absolute atomic E-state index is 13.3. The zero-order chi connectivity index (χ0) is 25.4. The summed E-state index contributed by atoms with van der Waals surface area (Å²) >= 11 is 0. The van der Waals surface area contributed by atoms with Gasteiger partial charge in [0.1, 0.15) is 6.04 Å². The number of carbonyl (C=O) groups excluding carboxylic acids is 2. The molecule has 3 aromatic rings. The molecular weight excluding hydrogens is 448 g/mol. The summed E-state index contributed by atoms with van der Waals surface area (Å²) in [6.07, 6.45) is 0. The minimum absolute atomic E-state index is 0.129. The van der Waals surface area contributed by atoms with Crippen LogP contribution in [0.4, 0.5) is 5.69 Å². The number of rotatable bonds is 10. The van der Waals surface area contributed by atoms with Crippen molar-refractivity contribution in [3.63, 3.8) is 0 Å². The number of quaternary nitrogens is 1. The number of esters is 1. The molecule has 35 heavy (non-hydrogen) atoms. The van der Waals surface area contributed by atoms with Crippen LogP contribution < -0.4 is 24.8 Å². The summed E-state index contributed by atoms with van der Waals surface area (Å²) < 4.78 is 21.0. The molecule has 1 unspecified atom stereocenters. The van der Waals surface area contributed by atoms with Crippen molar-refractivity contribution in [3.05, 3.63) is 82.9 Å². The third-order valence-electron chi connectivity index (χ3n) is 5.62. The fourth-order valence-electron chi connectivity index (χ4n) is 3.86. The van der Waals surface area contributed by atoms with Crippen LogP contribution in [0.5, 0.6) is 17.2 Å². The van der Waals surface area contributed by atoms with Gasteiger partial charge < -0.3 is 29.6 Å². The SMILES string of the molecule is COC(=O)C[NH2+]C(c1ccccc1)c1cc(C)ccc1NC(=O)c1cc(OC)c(OC)c(OC)c1. The predicted molar refractivity (Wildman–Crippen MR) is 132 cm³/mol. The van der Waals surface area contributed by atoms with E-state index in [4.69, 9.17) is 18.9 Å². The van der Waals surface area contributed by atoms with E-state index in [-0.39, 0.29) is 24.5 Å². The van der Waals surface area contributed by atoms with E-state index in [1.54, 1.807) is 12.1 Å². The van der Waals surface area contributed by atoms with Crippen LogP contribution in [0.3, 0.4) is 0 Å². The van der Waals surface area contributed by atoms with Crippen LogP contribution in [-0.2, 0) is 9.53 Å². The summed E-state index contributed by atoms with van der Waals surface area (Å²) in [6.45, 7) is 2.11. The molecule has 0 heterocycles. The van der Waals surface area contributed by atoms with Crippen LogP contribution >= 0.6 is 0 Å². The summed E-state index contributed by atoms with van der Waals surface area (Å²) in [5, 5.41) is 4.91. The Morgan fingerprint density at radius 3 is 2.11 bits per heavy atom. The zero-order valence-corrected chi connectivity index (χ0v) is 20.6. The molecule has 0 aliphatic rings. The van der Waals surface area contributed by atoms with Crippen molar-refractivity contribution in [2.24, 2.45) is 0 Å². The van der Waals surface area contributed by atoms with Gasteiger partial charge in [0, 0.05) is 16.7 Å². The van der Waals surface area contributed by atoms with E-state index in [1.807, 2.05) is 60.8 Å². The van der Waals surface area contributed by atoms with E-state index in [9.17, 15) is 9.59 Å². The third kappa shape index (κ3) is 6.10. The van der Waals surface area contributed by atoms with Crippen LogP contribution in [0.1, 0.15) is 33.1 Å². The lowest BCUT2D eigenvalue weighted by Crippen LogP contribution is -2.87. The number of aryl methyl sites for hydroxylation is 1. The van der Waals surface area contributed by atoms with Crippen LogP contribution in [0.25, 0.3) is 0 Å². The second kappa shape index (κ2) is 11.9. The number of nitrogens with two attached hydrogens (primary N) is 1. The van der Waals surface area contributed by atoms with Gasteiger partial charge in [0.05, 0.1) is 34.1 Å². The Bertz CT molecular complexity index is 1150. The average molecular weight is 480 g/mol. The van der Waals surface area contributed by atoms with Gasteiger partial charge in [0.2, 0.25) is 5.75 Å². The van der Waals surface area contributed by atoms with E-state index in [0.29, 0.717) is 28.5 Å². The van der Waals surface area contributed by atoms with Crippen molar-refractivity contribution in [1.29, 1.82) is 0 Å². The van der Waals surface area contributed by atoms with Crippen LogP contribution in [0.2, 0.25) is 0 Å². The number of anilines is 1. The van der Waals surface area contributed by atoms with Gasteiger partial charge in [-0.1, -0.05) is 42.0 Å². The molecule has 0 aliphatic carbocycles. The second-order valence-corrected chi connectivity index (χ2v) is 7.86. The molecule has 0 saturated heterocycles. The first-order valence-corrected chi connectivity index (χ1v) is 11.1. The monoisotopic (exact) mass is 479 g/mol. The molecule has 0 aliphatic heterocycles. The molecule has 3 aromatic carbocycles. The number of hydrogen-bond donors (Lipinski definition) is 2.